The van der Waals surface area contributed by atoms with Crippen molar-refractivity contribution in [3.63, 3.8) is 0 Å². The SMILES string of the molecule is Oc1c(Cl)cc(NC2CCSc3c(F)cccc32)cc1Cl. The smallest absolute Gasteiger partial charge is 0.152 e. The fourth-order valence-corrected chi connectivity index (χ4v) is 4.01. The molecule has 1 aliphatic heterocycles. The average Bonchev–Trinajstić information content (AvgIpc) is 2.46. The quantitative estimate of drug-likeness (QED) is 0.707. The number of thioether (sulfide) groups is 1. The number of halogens is 3. The maximum atomic E-state index is 13.8. The summed E-state index contributed by atoms with van der Waals surface area (Å²) < 4.78 is 13.8. The molecule has 0 bridgehead atoms. The average molecular weight is 344 g/mol. The lowest BCUT2D eigenvalue weighted by Crippen LogP contribution is -2.16. The number of anilines is 1. The van der Waals surface area contributed by atoms with E-state index in [0.29, 0.717) is 10.6 Å². The van der Waals surface area contributed by atoms with Crippen LogP contribution >= 0.6 is 35.0 Å². The lowest BCUT2D eigenvalue weighted by Gasteiger charge is -2.27. The van der Waals surface area contributed by atoms with E-state index in [4.69, 9.17) is 23.2 Å². The van der Waals surface area contributed by atoms with Crippen LogP contribution in [0.4, 0.5) is 10.1 Å². The number of nitrogens with one attached hydrogen (secondary N) is 1. The zero-order valence-corrected chi connectivity index (χ0v) is 13.2. The van der Waals surface area contributed by atoms with Gasteiger partial charge in [-0.1, -0.05) is 35.3 Å². The number of phenolic OH excluding ortho intramolecular Hbond substituents is 1. The molecule has 21 heavy (non-hydrogen) atoms. The van der Waals surface area contributed by atoms with Crippen molar-refractivity contribution < 1.29 is 9.50 Å². The number of hydrogen-bond acceptors (Lipinski definition) is 3. The van der Waals surface area contributed by atoms with Crippen LogP contribution in [0.3, 0.4) is 0 Å². The highest BCUT2D eigenvalue weighted by Gasteiger charge is 2.23. The predicted molar refractivity (Wildman–Crippen MR) is 86.2 cm³/mol. The normalized spacial score (nSPS) is 17.4. The molecule has 0 saturated heterocycles. The lowest BCUT2D eigenvalue weighted by atomic mass is 10.0. The molecule has 0 aromatic heterocycles. The van der Waals surface area contributed by atoms with E-state index in [-0.39, 0.29) is 27.7 Å². The molecule has 0 saturated carbocycles. The van der Waals surface area contributed by atoms with Crippen molar-refractivity contribution >= 4 is 40.7 Å². The third kappa shape index (κ3) is 2.93. The molecule has 1 unspecified atom stereocenters. The molecule has 3 rings (SSSR count). The van der Waals surface area contributed by atoms with E-state index in [1.165, 1.54) is 17.8 Å². The summed E-state index contributed by atoms with van der Waals surface area (Å²) in [4.78, 5) is 0.692. The Kier molecular flexibility index (Phi) is 4.20. The molecule has 1 heterocycles. The second-order valence-corrected chi connectivity index (χ2v) is 6.70. The number of phenols is 1. The first-order valence-electron chi connectivity index (χ1n) is 6.42. The summed E-state index contributed by atoms with van der Waals surface area (Å²) in [6.45, 7) is 0. The van der Waals surface area contributed by atoms with Crippen molar-refractivity contribution in [2.75, 3.05) is 11.1 Å². The molecule has 0 spiro atoms. The molecular weight excluding hydrogens is 332 g/mol. The number of rotatable bonds is 2. The fourth-order valence-electron chi connectivity index (χ4n) is 2.39. The van der Waals surface area contributed by atoms with Gasteiger partial charge in [-0.25, -0.2) is 4.39 Å². The Morgan fingerprint density at radius 1 is 1.24 bits per heavy atom. The lowest BCUT2D eigenvalue weighted by molar-refractivity contribution is 0.476. The molecule has 6 heteroatoms. The highest BCUT2D eigenvalue weighted by atomic mass is 35.5. The minimum Gasteiger partial charge on any atom is -0.505 e. The number of hydrogen-bond donors (Lipinski definition) is 2. The standard InChI is InChI=1S/C15H12Cl2FNOS/c16-10-6-8(7-11(17)14(10)20)19-13-4-5-21-15-9(13)2-1-3-12(15)18/h1-3,6-7,13,19-20H,4-5H2. The second-order valence-electron chi connectivity index (χ2n) is 4.78. The molecule has 2 aromatic carbocycles. The number of aromatic hydroxyl groups is 1. The van der Waals surface area contributed by atoms with Gasteiger partial charge in [0.05, 0.1) is 16.1 Å². The van der Waals surface area contributed by atoms with Gasteiger partial charge in [0, 0.05) is 16.3 Å². The minimum absolute atomic E-state index is 0.00590. The third-order valence-electron chi connectivity index (χ3n) is 3.38. The van der Waals surface area contributed by atoms with E-state index < -0.39 is 0 Å². The van der Waals surface area contributed by atoms with Crippen LogP contribution in [0.2, 0.25) is 10.0 Å². The topological polar surface area (TPSA) is 32.3 Å². The monoisotopic (exact) mass is 343 g/mol. The van der Waals surface area contributed by atoms with Crippen molar-refractivity contribution in [2.45, 2.75) is 17.4 Å². The molecule has 2 N–H and O–H groups in total. The predicted octanol–water partition coefficient (Wildman–Crippen LogP) is 5.49. The Morgan fingerprint density at radius 2 is 1.95 bits per heavy atom. The molecule has 110 valence electrons. The summed E-state index contributed by atoms with van der Waals surface area (Å²) in [6, 6.07) is 8.33. The molecule has 0 fully saturated rings. The highest BCUT2D eigenvalue weighted by Crippen LogP contribution is 2.41. The van der Waals surface area contributed by atoms with Gasteiger partial charge in [-0.05, 0) is 30.2 Å². The van der Waals surface area contributed by atoms with Crippen LogP contribution in [0.1, 0.15) is 18.0 Å². The van der Waals surface area contributed by atoms with Crippen LogP contribution < -0.4 is 5.32 Å². The molecular formula is C15H12Cl2FNOS. The summed E-state index contributed by atoms with van der Waals surface area (Å²) in [5.74, 6) is 0.519. The Labute approximate surface area is 136 Å². The van der Waals surface area contributed by atoms with Crippen molar-refractivity contribution in [3.8, 4) is 5.75 Å². The molecule has 0 aliphatic carbocycles. The summed E-state index contributed by atoms with van der Waals surface area (Å²) in [7, 11) is 0. The van der Waals surface area contributed by atoms with Crippen LogP contribution in [-0.2, 0) is 0 Å². The number of benzene rings is 2. The van der Waals surface area contributed by atoms with Crippen LogP contribution in [-0.4, -0.2) is 10.9 Å². The first-order chi connectivity index (χ1) is 10.1. The molecule has 0 radical (unpaired) electrons. The van der Waals surface area contributed by atoms with Crippen LogP contribution in [0, 0.1) is 5.82 Å². The van der Waals surface area contributed by atoms with Crippen molar-refractivity contribution in [2.24, 2.45) is 0 Å². The van der Waals surface area contributed by atoms with Crippen LogP contribution in [0.5, 0.6) is 5.75 Å². The third-order valence-corrected chi connectivity index (χ3v) is 5.12. The van der Waals surface area contributed by atoms with Gasteiger partial charge < -0.3 is 10.4 Å². The van der Waals surface area contributed by atoms with E-state index >= 15 is 0 Å². The number of fused-ring (bicyclic) bond motifs is 1. The highest BCUT2D eigenvalue weighted by molar-refractivity contribution is 7.99. The van der Waals surface area contributed by atoms with Crippen LogP contribution in [0.25, 0.3) is 0 Å². The van der Waals surface area contributed by atoms with E-state index in [2.05, 4.69) is 5.32 Å². The van der Waals surface area contributed by atoms with Crippen molar-refractivity contribution in [1.29, 1.82) is 0 Å². The van der Waals surface area contributed by atoms with E-state index in [9.17, 15) is 9.50 Å². The molecule has 0 amide bonds. The van der Waals surface area contributed by atoms with E-state index in [1.807, 2.05) is 6.07 Å². The minimum atomic E-state index is -0.189. The molecule has 2 aromatic rings. The van der Waals surface area contributed by atoms with Gasteiger partial charge in [-0.2, -0.15) is 0 Å². The van der Waals surface area contributed by atoms with E-state index in [1.54, 1.807) is 18.2 Å². The largest absolute Gasteiger partial charge is 0.505 e. The van der Waals surface area contributed by atoms with Gasteiger partial charge in [-0.15, -0.1) is 11.8 Å². The van der Waals surface area contributed by atoms with Crippen LogP contribution in [0.15, 0.2) is 35.2 Å². The van der Waals surface area contributed by atoms with Gasteiger partial charge in [0.1, 0.15) is 5.82 Å². The zero-order chi connectivity index (χ0) is 15.0. The molecule has 1 aliphatic rings. The Morgan fingerprint density at radius 3 is 2.67 bits per heavy atom. The first-order valence-corrected chi connectivity index (χ1v) is 8.16. The maximum absolute atomic E-state index is 13.8. The summed E-state index contributed by atoms with van der Waals surface area (Å²) in [5, 5.41) is 13.3. The maximum Gasteiger partial charge on any atom is 0.152 e. The van der Waals surface area contributed by atoms with Gasteiger partial charge in [0.2, 0.25) is 0 Å². The summed E-state index contributed by atoms with van der Waals surface area (Å²) >= 11 is 13.4. The Bertz CT molecular complexity index is 672. The van der Waals surface area contributed by atoms with Gasteiger partial charge >= 0.3 is 0 Å². The Balaban J connectivity index is 1.92. The summed E-state index contributed by atoms with van der Waals surface area (Å²) in [5.41, 5.74) is 1.64. The first kappa shape index (κ1) is 14.8. The second kappa shape index (κ2) is 5.95. The van der Waals surface area contributed by atoms with Crippen molar-refractivity contribution in [3.05, 3.63) is 51.8 Å². The molecule has 1 atom stereocenters. The van der Waals surface area contributed by atoms with Gasteiger partial charge in [-0.3, -0.25) is 0 Å². The van der Waals surface area contributed by atoms with Gasteiger partial charge in [0.15, 0.2) is 5.75 Å². The molecule has 2 nitrogen and oxygen atoms in total. The van der Waals surface area contributed by atoms with E-state index in [0.717, 1.165) is 17.7 Å². The Hall–Kier alpha value is -1.10. The van der Waals surface area contributed by atoms with Crippen molar-refractivity contribution in [1.82, 2.24) is 0 Å². The fraction of sp³-hybridized carbons (Fsp3) is 0.200. The zero-order valence-electron chi connectivity index (χ0n) is 10.9. The van der Waals surface area contributed by atoms with Gasteiger partial charge in [0.25, 0.3) is 0 Å². The summed E-state index contributed by atoms with van der Waals surface area (Å²) in [6.07, 6.45) is 0.872.